The van der Waals surface area contributed by atoms with E-state index in [0.717, 1.165) is 0 Å². The highest BCUT2D eigenvalue weighted by molar-refractivity contribution is 5.95. The van der Waals surface area contributed by atoms with E-state index >= 15 is 0 Å². The van der Waals surface area contributed by atoms with E-state index in [1.165, 1.54) is 24.3 Å². The van der Waals surface area contributed by atoms with Gasteiger partial charge < -0.3 is 16.2 Å². The second-order valence-corrected chi connectivity index (χ2v) is 4.81. The van der Waals surface area contributed by atoms with Crippen molar-refractivity contribution in [3.05, 3.63) is 64.5 Å². The Morgan fingerprint density at radius 2 is 2.05 bits per heavy atom. The third-order valence-corrected chi connectivity index (χ3v) is 3.25. The average Bonchev–Trinajstić information content (AvgIpc) is 2.45. The lowest BCUT2D eigenvalue weighted by atomic mass is 10.1. The van der Waals surface area contributed by atoms with Crippen molar-refractivity contribution in [1.82, 2.24) is 5.32 Å². The van der Waals surface area contributed by atoms with E-state index in [1.807, 2.05) is 0 Å². The van der Waals surface area contributed by atoms with Gasteiger partial charge in [-0.25, -0.2) is 4.39 Å². The molecule has 0 saturated heterocycles. The van der Waals surface area contributed by atoms with Crippen LogP contribution < -0.4 is 11.1 Å². The molecule has 1 amide bonds. The summed E-state index contributed by atoms with van der Waals surface area (Å²) in [6.07, 6.45) is 0. The van der Waals surface area contributed by atoms with Gasteiger partial charge >= 0.3 is 0 Å². The number of aryl methyl sites for hydroxylation is 1. The standard InChI is InChI=1S/C16H17FN2O2/c1-10-6-13(20)4-5-14(10)16(21)19-9-12-3-2-11(8-18)7-15(12)17/h2-7,20H,8-9,18H2,1H3,(H,19,21). The van der Waals surface area contributed by atoms with Crippen molar-refractivity contribution in [1.29, 1.82) is 0 Å². The highest BCUT2D eigenvalue weighted by atomic mass is 19.1. The van der Waals surface area contributed by atoms with E-state index in [4.69, 9.17) is 5.73 Å². The molecule has 0 aliphatic rings. The number of halogens is 1. The maximum atomic E-state index is 13.8. The van der Waals surface area contributed by atoms with Crippen LogP contribution in [0.15, 0.2) is 36.4 Å². The van der Waals surface area contributed by atoms with Gasteiger partial charge in [0.05, 0.1) is 0 Å². The Kier molecular flexibility index (Phi) is 4.55. The van der Waals surface area contributed by atoms with Crippen LogP contribution in [0.5, 0.6) is 5.75 Å². The lowest BCUT2D eigenvalue weighted by molar-refractivity contribution is 0.0950. The molecule has 0 heterocycles. The van der Waals surface area contributed by atoms with Crippen LogP contribution in [-0.2, 0) is 13.1 Å². The first kappa shape index (κ1) is 15.0. The van der Waals surface area contributed by atoms with Gasteiger partial charge in [0.1, 0.15) is 11.6 Å². The first-order valence-electron chi connectivity index (χ1n) is 6.56. The molecule has 110 valence electrons. The predicted molar refractivity (Wildman–Crippen MR) is 78.3 cm³/mol. The number of nitrogens with two attached hydrogens (primary N) is 1. The maximum absolute atomic E-state index is 13.8. The first-order chi connectivity index (χ1) is 10.0. The molecule has 0 fully saturated rings. The van der Waals surface area contributed by atoms with Gasteiger partial charge in [0.25, 0.3) is 5.91 Å². The molecule has 4 nitrogen and oxygen atoms in total. The van der Waals surface area contributed by atoms with E-state index in [1.54, 1.807) is 19.1 Å². The van der Waals surface area contributed by atoms with Gasteiger partial charge in [0.2, 0.25) is 0 Å². The Labute approximate surface area is 122 Å². The quantitative estimate of drug-likeness (QED) is 0.807. The van der Waals surface area contributed by atoms with Crippen molar-refractivity contribution < 1.29 is 14.3 Å². The predicted octanol–water partition coefficient (Wildman–Crippen LogP) is 2.23. The lowest BCUT2D eigenvalue weighted by Gasteiger charge is -2.09. The second kappa shape index (κ2) is 6.37. The van der Waals surface area contributed by atoms with Gasteiger partial charge in [-0.2, -0.15) is 0 Å². The minimum Gasteiger partial charge on any atom is -0.508 e. The number of carbonyl (C=O) groups is 1. The maximum Gasteiger partial charge on any atom is 0.251 e. The summed E-state index contributed by atoms with van der Waals surface area (Å²) in [5.74, 6) is -0.594. The Bertz CT molecular complexity index is 671. The van der Waals surface area contributed by atoms with Gasteiger partial charge in [-0.1, -0.05) is 12.1 Å². The van der Waals surface area contributed by atoms with Gasteiger partial charge in [-0.3, -0.25) is 4.79 Å². The molecular weight excluding hydrogens is 271 g/mol. The monoisotopic (exact) mass is 288 g/mol. The summed E-state index contributed by atoms with van der Waals surface area (Å²) < 4.78 is 13.8. The van der Waals surface area contributed by atoms with Crippen molar-refractivity contribution >= 4 is 5.91 Å². The third kappa shape index (κ3) is 3.58. The number of rotatable bonds is 4. The van der Waals surface area contributed by atoms with Gasteiger partial charge in [0, 0.05) is 24.2 Å². The highest BCUT2D eigenvalue weighted by Crippen LogP contribution is 2.16. The fourth-order valence-electron chi connectivity index (χ4n) is 2.03. The number of amides is 1. The summed E-state index contributed by atoms with van der Waals surface area (Å²) in [5, 5.41) is 12.0. The fourth-order valence-corrected chi connectivity index (χ4v) is 2.03. The molecule has 2 rings (SSSR count). The number of nitrogens with one attached hydrogen (secondary N) is 1. The largest absolute Gasteiger partial charge is 0.508 e. The van der Waals surface area contributed by atoms with Crippen molar-refractivity contribution in [3.8, 4) is 5.75 Å². The van der Waals surface area contributed by atoms with Crippen LogP contribution in [0.1, 0.15) is 27.0 Å². The van der Waals surface area contributed by atoms with Crippen LogP contribution in [-0.4, -0.2) is 11.0 Å². The number of carbonyl (C=O) groups excluding carboxylic acids is 1. The molecule has 0 atom stereocenters. The van der Waals surface area contributed by atoms with Gasteiger partial charge in [-0.15, -0.1) is 0 Å². The van der Waals surface area contributed by atoms with Gasteiger partial charge in [-0.05, 0) is 42.3 Å². The molecule has 0 aliphatic heterocycles. The number of phenolic OH excluding ortho intramolecular Hbond substituents is 1. The molecule has 21 heavy (non-hydrogen) atoms. The Morgan fingerprint density at radius 3 is 2.67 bits per heavy atom. The summed E-state index contributed by atoms with van der Waals surface area (Å²) >= 11 is 0. The van der Waals surface area contributed by atoms with E-state index in [9.17, 15) is 14.3 Å². The molecule has 0 saturated carbocycles. The summed E-state index contributed by atoms with van der Waals surface area (Å²) in [6, 6.07) is 9.20. The zero-order valence-electron chi connectivity index (χ0n) is 11.7. The third-order valence-electron chi connectivity index (χ3n) is 3.25. The minimum absolute atomic E-state index is 0.0931. The highest BCUT2D eigenvalue weighted by Gasteiger charge is 2.10. The molecule has 0 radical (unpaired) electrons. The van der Waals surface area contributed by atoms with Crippen molar-refractivity contribution in [3.63, 3.8) is 0 Å². The van der Waals surface area contributed by atoms with E-state index in [0.29, 0.717) is 22.3 Å². The van der Waals surface area contributed by atoms with Crippen LogP contribution >= 0.6 is 0 Å². The minimum atomic E-state index is -0.388. The molecule has 0 aromatic heterocycles. The molecule has 2 aromatic carbocycles. The van der Waals surface area contributed by atoms with Crippen molar-refractivity contribution in [2.24, 2.45) is 5.73 Å². The molecule has 5 heteroatoms. The zero-order chi connectivity index (χ0) is 15.4. The molecule has 4 N–H and O–H groups in total. The number of benzene rings is 2. The molecular formula is C16H17FN2O2. The number of hydrogen-bond acceptors (Lipinski definition) is 3. The van der Waals surface area contributed by atoms with E-state index in [2.05, 4.69) is 5.32 Å². The fraction of sp³-hybridized carbons (Fsp3) is 0.188. The summed E-state index contributed by atoms with van der Waals surface area (Å²) in [6.45, 7) is 2.09. The van der Waals surface area contributed by atoms with Crippen LogP contribution in [0, 0.1) is 12.7 Å². The van der Waals surface area contributed by atoms with Crippen LogP contribution in [0.4, 0.5) is 4.39 Å². The van der Waals surface area contributed by atoms with Gasteiger partial charge in [0.15, 0.2) is 0 Å². The zero-order valence-corrected chi connectivity index (χ0v) is 11.7. The Hall–Kier alpha value is -2.40. The molecule has 0 bridgehead atoms. The normalized spacial score (nSPS) is 10.4. The van der Waals surface area contributed by atoms with Crippen molar-refractivity contribution in [2.45, 2.75) is 20.0 Å². The van der Waals surface area contributed by atoms with Crippen molar-refractivity contribution in [2.75, 3.05) is 0 Å². The van der Waals surface area contributed by atoms with Crippen LogP contribution in [0.2, 0.25) is 0 Å². The topological polar surface area (TPSA) is 75.3 Å². The SMILES string of the molecule is Cc1cc(O)ccc1C(=O)NCc1ccc(CN)cc1F. The number of phenols is 1. The molecule has 0 unspecified atom stereocenters. The Morgan fingerprint density at radius 1 is 1.29 bits per heavy atom. The average molecular weight is 288 g/mol. The number of aromatic hydroxyl groups is 1. The van der Waals surface area contributed by atoms with E-state index in [-0.39, 0.29) is 30.6 Å². The molecule has 2 aromatic rings. The molecule has 0 spiro atoms. The van der Waals surface area contributed by atoms with E-state index < -0.39 is 0 Å². The Balaban J connectivity index is 2.07. The van der Waals surface area contributed by atoms with Crippen LogP contribution in [0.3, 0.4) is 0 Å². The molecule has 0 aliphatic carbocycles. The number of hydrogen-bond donors (Lipinski definition) is 3. The van der Waals surface area contributed by atoms with Crippen LogP contribution in [0.25, 0.3) is 0 Å². The second-order valence-electron chi connectivity index (χ2n) is 4.81. The lowest BCUT2D eigenvalue weighted by Crippen LogP contribution is -2.24. The summed E-state index contributed by atoms with van der Waals surface area (Å²) in [4.78, 5) is 12.0. The summed E-state index contributed by atoms with van der Waals surface area (Å²) in [7, 11) is 0. The smallest absolute Gasteiger partial charge is 0.251 e. The summed E-state index contributed by atoms with van der Waals surface area (Å²) in [5.41, 5.74) is 7.65. The first-order valence-corrected chi connectivity index (χ1v) is 6.56.